The molecule has 0 aliphatic heterocycles. The van der Waals surface area contributed by atoms with Gasteiger partial charge in [0.05, 0.1) is 31.6 Å². The van der Waals surface area contributed by atoms with Crippen molar-refractivity contribution >= 4 is 29.9 Å². The first-order chi connectivity index (χ1) is 18.7. The van der Waals surface area contributed by atoms with Crippen LogP contribution in [0.3, 0.4) is 0 Å². The van der Waals surface area contributed by atoms with Crippen molar-refractivity contribution in [2.24, 2.45) is 5.92 Å². The van der Waals surface area contributed by atoms with Crippen molar-refractivity contribution in [3.8, 4) is 0 Å². The largest absolute Gasteiger partial charge is 0.496 e. The molecule has 1 aromatic rings. The van der Waals surface area contributed by atoms with Crippen LogP contribution in [0.1, 0.15) is 78.0 Å². The number of hydrogen-bond donors (Lipinski definition) is 4. The number of methoxy groups -OCH3 is 2. The van der Waals surface area contributed by atoms with Crippen molar-refractivity contribution in [2.75, 3.05) is 58.3 Å². The van der Waals surface area contributed by atoms with Gasteiger partial charge in [-0.1, -0.05) is 39.3 Å². The Hall–Kier alpha value is -2.49. The van der Waals surface area contributed by atoms with Gasteiger partial charge in [-0.25, -0.2) is 4.98 Å². The molecule has 1 aromatic heterocycles. The molecule has 1 saturated carbocycles. The standard InChI is InChI=1S/C20H32N4O3.C7H15NO.C3H8.ClH/c1-13(2)10-17(27-5)18-14(3)22-20(21-8-9-26-4)24-19(18)23-16-7-6-15(11-16)12-25;1-4-6-9-7(5-2)8-3;1-3-2;/h10,15-16,25H,1,6-9,11-12H2,2-5H3,(H2,21,22,23,24);5,8H,4,6H2,1-3H3;3H2,1-2H3;1H/b17-10-;7-5+;;. The molecule has 0 bridgehead atoms. The third-order valence-corrected chi connectivity index (χ3v) is 5.63. The van der Waals surface area contributed by atoms with E-state index < -0.39 is 0 Å². The normalized spacial score (nSPS) is 16.4. The Balaban J connectivity index is 0. The molecule has 40 heavy (non-hydrogen) atoms. The van der Waals surface area contributed by atoms with Gasteiger partial charge in [-0.15, -0.1) is 12.4 Å². The predicted molar refractivity (Wildman–Crippen MR) is 171 cm³/mol. The maximum Gasteiger partial charge on any atom is 0.224 e. The van der Waals surface area contributed by atoms with E-state index in [0.717, 1.165) is 60.8 Å². The van der Waals surface area contributed by atoms with E-state index in [-0.39, 0.29) is 25.1 Å². The lowest BCUT2D eigenvalue weighted by Gasteiger charge is -2.20. The molecule has 4 N–H and O–H groups in total. The fourth-order valence-electron chi connectivity index (χ4n) is 3.85. The van der Waals surface area contributed by atoms with Crippen LogP contribution in [-0.4, -0.2) is 68.7 Å². The van der Waals surface area contributed by atoms with E-state index in [1.54, 1.807) is 14.2 Å². The van der Waals surface area contributed by atoms with Crippen LogP contribution in [0.15, 0.2) is 30.2 Å². The third kappa shape index (κ3) is 15.9. The Morgan fingerprint density at radius 2 is 1.82 bits per heavy atom. The molecule has 1 aliphatic rings. The molecular weight excluding hydrogens is 530 g/mol. The fraction of sp³-hybridized carbons (Fsp3) is 0.667. The number of halogens is 1. The van der Waals surface area contributed by atoms with E-state index in [4.69, 9.17) is 19.2 Å². The number of allylic oxidation sites excluding steroid dienone is 3. The molecule has 0 aromatic carbocycles. The first-order valence-corrected chi connectivity index (χ1v) is 14.1. The zero-order valence-corrected chi connectivity index (χ0v) is 27.2. The molecule has 1 aliphatic carbocycles. The van der Waals surface area contributed by atoms with Crippen molar-refractivity contribution < 1.29 is 19.3 Å². The lowest BCUT2D eigenvalue weighted by molar-refractivity contribution is 0.195. The van der Waals surface area contributed by atoms with Crippen molar-refractivity contribution in [2.45, 2.75) is 79.7 Å². The fourth-order valence-corrected chi connectivity index (χ4v) is 3.85. The summed E-state index contributed by atoms with van der Waals surface area (Å²) < 4.78 is 15.9. The molecule has 232 valence electrons. The highest BCUT2D eigenvalue weighted by Crippen LogP contribution is 2.32. The number of ether oxygens (including phenoxy) is 3. The van der Waals surface area contributed by atoms with Gasteiger partial charge >= 0.3 is 0 Å². The van der Waals surface area contributed by atoms with Crippen molar-refractivity contribution in [1.82, 2.24) is 15.3 Å². The maximum atomic E-state index is 9.42. The van der Waals surface area contributed by atoms with Gasteiger partial charge in [-0.05, 0) is 64.5 Å². The van der Waals surface area contributed by atoms with E-state index in [0.29, 0.717) is 30.8 Å². The molecule has 2 rings (SSSR count). The van der Waals surface area contributed by atoms with Crippen molar-refractivity contribution in [3.63, 3.8) is 0 Å². The number of aromatic nitrogens is 2. The average Bonchev–Trinajstić information content (AvgIpc) is 3.37. The Kier molecular flexibility index (Phi) is 24.1. The van der Waals surface area contributed by atoms with E-state index >= 15 is 0 Å². The van der Waals surface area contributed by atoms with Crippen molar-refractivity contribution in [1.29, 1.82) is 0 Å². The van der Waals surface area contributed by atoms with Gasteiger partial charge in [0.1, 0.15) is 11.6 Å². The SMILES string of the molecule is C/C=C(\NC)OCCC.C=C(C)/C=C(\OC)c1c(C)nc(NCCOC)nc1NC1CCC(CO)C1.CCC.Cl. The van der Waals surface area contributed by atoms with Crippen LogP contribution >= 0.6 is 12.4 Å². The number of hydrogen-bond acceptors (Lipinski definition) is 9. The van der Waals surface area contributed by atoms with Gasteiger partial charge in [0, 0.05) is 33.4 Å². The predicted octanol–water partition coefficient (Wildman–Crippen LogP) is 6.31. The summed E-state index contributed by atoms with van der Waals surface area (Å²) in [6, 6.07) is 0.268. The lowest BCUT2D eigenvalue weighted by Crippen LogP contribution is -2.20. The summed E-state index contributed by atoms with van der Waals surface area (Å²) in [6.07, 6.45) is 9.06. The van der Waals surface area contributed by atoms with Crippen LogP contribution < -0.4 is 16.0 Å². The minimum atomic E-state index is 0. The number of aryl methyl sites for hydroxylation is 1. The molecule has 1 fully saturated rings. The molecule has 2 atom stereocenters. The van der Waals surface area contributed by atoms with Gasteiger partial charge in [-0.3, -0.25) is 0 Å². The monoisotopic (exact) mass is 585 g/mol. The van der Waals surface area contributed by atoms with E-state index in [1.165, 1.54) is 6.42 Å². The number of aliphatic hydroxyl groups is 1. The van der Waals surface area contributed by atoms with Crippen LogP contribution in [0.4, 0.5) is 11.8 Å². The quantitative estimate of drug-likeness (QED) is 0.113. The summed E-state index contributed by atoms with van der Waals surface area (Å²) >= 11 is 0. The van der Waals surface area contributed by atoms with Crippen LogP contribution in [-0.2, 0) is 14.2 Å². The Morgan fingerprint density at radius 1 is 1.15 bits per heavy atom. The highest BCUT2D eigenvalue weighted by Gasteiger charge is 2.26. The highest BCUT2D eigenvalue weighted by atomic mass is 35.5. The molecule has 0 saturated heterocycles. The van der Waals surface area contributed by atoms with Gasteiger partial charge in [-0.2, -0.15) is 4.98 Å². The summed E-state index contributed by atoms with van der Waals surface area (Å²) in [5.41, 5.74) is 2.55. The number of nitrogens with zero attached hydrogens (tertiary/aromatic N) is 2. The van der Waals surface area contributed by atoms with Crippen molar-refractivity contribution in [3.05, 3.63) is 41.4 Å². The number of anilines is 2. The van der Waals surface area contributed by atoms with E-state index in [9.17, 15) is 5.11 Å². The summed E-state index contributed by atoms with van der Waals surface area (Å²) in [4.78, 5) is 9.27. The van der Waals surface area contributed by atoms with Gasteiger partial charge in [0.2, 0.25) is 5.95 Å². The van der Waals surface area contributed by atoms with Crippen LogP contribution in [0, 0.1) is 12.8 Å². The summed E-state index contributed by atoms with van der Waals surface area (Å²) in [7, 11) is 5.15. The van der Waals surface area contributed by atoms with E-state index in [2.05, 4.69) is 48.3 Å². The minimum Gasteiger partial charge on any atom is -0.496 e. The molecule has 10 heteroatoms. The minimum absolute atomic E-state index is 0. The molecular formula is C30H56ClN5O4. The molecule has 0 spiro atoms. The second-order valence-electron chi connectivity index (χ2n) is 9.50. The third-order valence-electron chi connectivity index (χ3n) is 5.63. The molecule has 1 heterocycles. The number of nitrogens with one attached hydrogen (secondary N) is 3. The smallest absolute Gasteiger partial charge is 0.224 e. The molecule has 0 radical (unpaired) electrons. The van der Waals surface area contributed by atoms with E-state index in [1.807, 2.05) is 40.0 Å². The van der Waals surface area contributed by atoms with Gasteiger partial charge in [0.15, 0.2) is 5.88 Å². The summed E-state index contributed by atoms with van der Waals surface area (Å²) in [6.45, 7) is 18.3. The summed E-state index contributed by atoms with van der Waals surface area (Å²) in [5.74, 6) is 3.18. The first-order valence-electron chi connectivity index (χ1n) is 14.1. The first kappa shape index (κ1) is 39.7. The second-order valence-corrected chi connectivity index (χ2v) is 9.50. The molecule has 0 amide bonds. The number of rotatable bonds is 14. The Morgan fingerprint density at radius 3 is 2.30 bits per heavy atom. The molecule has 2 unspecified atom stereocenters. The zero-order valence-electron chi connectivity index (χ0n) is 26.4. The van der Waals surface area contributed by atoms with Crippen LogP contribution in [0.5, 0.6) is 0 Å². The number of aliphatic hydroxyl groups excluding tert-OH is 1. The van der Waals surface area contributed by atoms with Gasteiger partial charge < -0.3 is 35.3 Å². The molecule has 9 nitrogen and oxygen atoms in total. The van der Waals surface area contributed by atoms with Gasteiger partial charge in [0.25, 0.3) is 0 Å². The summed E-state index contributed by atoms with van der Waals surface area (Å²) in [5, 5.41) is 19.1. The van der Waals surface area contributed by atoms with Crippen LogP contribution in [0.2, 0.25) is 0 Å². The highest BCUT2D eigenvalue weighted by molar-refractivity contribution is 5.85. The topological polar surface area (TPSA) is 110 Å². The average molecular weight is 586 g/mol. The second kappa shape index (κ2) is 24.3. The zero-order chi connectivity index (χ0) is 29.6. The maximum absolute atomic E-state index is 9.42. The lowest BCUT2D eigenvalue weighted by atomic mass is 10.1. The Labute approximate surface area is 249 Å². The Bertz CT molecular complexity index is 880. The van der Waals surface area contributed by atoms with Crippen LogP contribution in [0.25, 0.3) is 5.76 Å².